The standard InChI is InChI=1S/C36H26N4.C8H6N2O2/c1-23-13-19-29-31(21-23)39-33(25-9-5-3-6-10-25)35(37-29)27-15-17-28(18-16-27)36-34(26-11-7-4-8-12-26)40-32-22-24(2)14-20-30(32)38-36;11-10(12)7-2-1-6-3-4-9-8(6)5-7/h3-22H,1-2H3;1-5,9H. The molecule has 0 atom stereocenters. The van der Waals surface area contributed by atoms with Gasteiger partial charge in [0.25, 0.3) is 5.69 Å². The van der Waals surface area contributed by atoms with Crippen molar-refractivity contribution < 1.29 is 4.92 Å². The van der Waals surface area contributed by atoms with Crippen molar-refractivity contribution >= 4 is 38.7 Å². The summed E-state index contributed by atoms with van der Waals surface area (Å²) in [6, 6.07) is 48.0. The molecule has 0 aliphatic carbocycles. The van der Waals surface area contributed by atoms with Crippen LogP contribution in [0.15, 0.2) is 152 Å². The molecule has 9 rings (SSSR count). The van der Waals surface area contributed by atoms with E-state index in [0.29, 0.717) is 0 Å². The van der Waals surface area contributed by atoms with Crippen LogP contribution in [0.1, 0.15) is 11.1 Å². The molecule has 1 N–H and O–H groups in total. The van der Waals surface area contributed by atoms with Gasteiger partial charge in [0.2, 0.25) is 0 Å². The van der Waals surface area contributed by atoms with E-state index in [1.165, 1.54) is 23.3 Å². The van der Waals surface area contributed by atoms with E-state index in [2.05, 4.69) is 91.6 Å². The highest BCUT2D eigenvalue weighted by molar-refractivity contribution is 5.89. The number of nitro benzene ring substituents is 1. The number of H-pyrrole nitrogens is 1. The van der Waals surface area contributed by atoms with Crippen LogP contribution in [0.25, 0.3) is 78.0 Å². The van der Waals surface area contributed by atoms with Crippen molar-refractivity contribution in [3.05, 3.63) is 173 Å². The molecule has 0 aliphatic rings. The Morgan fingerprint density at radius 3 is 1.38 bits per heavy atom. The third-order valence-electron chi connectivity index (χ3n) is 8.92. The first kappa shape index (κ1) is 32.2. The summed E-state index contributed by atoms with van der Waals surface area (Å²) in [6.07, 6.45) is 1.76. The number of aryl methyl sites for hydroxylation is 2. The van der Waals surface area contributed by atoms with E-state index in [-0.39, 0.29) is 5.69 Å². The molecular formula is C44H32N6O2. The van der Waals surface area contributed by atoms with Gasteiger partial charge in [-0.25, -0.2) is 19.9 Å². The number of nitro groups is 1. The molecule has 52 heavy (non-hydrogen) atoms. The van der Waals surface area contributed by atoms with Gasteiger partial charge in [-0.2, -0.15) is 0 Å². The highest BCUT2D eigenvalue weighted by Crippen LogP contribution is 2.35. The van der Waals surface area contributed by atoms with Crippen LogP contribution in [0.5, 0.6) is 0 Å². The fourth-order valence-electron chi connectivity index (χ4n) is 6.26. The van der Waals surface area contributed by atoms with Gasteiger partial charge in [0, 0.05) is 40.6 Å². The normalized spacial score (nSPS) is 11.0. The van der Waals surface area contributed by atoms with Gasteiger partial charge in [-0.1, -0.05) is 97.1 Å². The van der Waals surface area contributed by atoms with E-state index >= 15 is 0 Å². The second-order valence-electron chi connectivity index (χ2n) is 12.6. The molecule has 0 spiro atoms. The van der Waals surface area contributed by atoms with Gasteiger partial charge in [0.05, 0.1) is 55.3 Å². The average Bonchev–Trinajstić information content (AvgIpc) is 3.66. The Hall–Kier alpha value is -7.06. The Kier molecular flexibility index (Phi) is 8.46. The van der Waals surface area contributed by atoms with E-state index in [1.807, 2.05) is 54.6 Å². The van der Waals surface area contributed by atoms with Crippen LogP contribution < -0.4 is 0 Å². The number of nitrogens with one attached hydrogen (secondary N) is 1. The largest absolute Gasteiger partial charge is 0.361 e. The Bertz CT molecular complexity index is 2580. The van der Waals surface area contributed by atoms with Gasteiger partial charge < -0.3 is 4.98 Å². The summed E-state index contributed by atoms with van der Waals surface area (Å²) >= 11 is 0. The number of benzene rings is 6. The van der Waals surface area contributed by atoms with Crippen LogP contribution >= 0.6 is 0 Å². The first-order valence-electron chi connectivity index (χ1n) is 16.9. The van der Waals surface area contributed by atoms with E-state index in [0.717, 1.165) is 78.0 Å². The van der Waals surface area contributed by atoms with E-state index < -0.39 is 4.92 Å². The van der Waals surface area contributed by atoms with Gasteiger partial charge in [0.15, 0.2) is 0 Å². The van der Waals surface area contributed by atoms with Crippen molar-refractivity contribution in [2.24, 2.45) is 0 Å². The maximum atomic E-state index is 10.4. The third-order valence-corrected chi connectivity index (χ3v) is 8.92. The molecule has 0 fully saturated rings. The topological polar surface area (TPSA) is 110 Å². The number of aromatic nitrogens is 5. The lowest BCUT2D eigenvalue weighted by Gasteiger charge is -2.13. The van der Waals surface area contributed by atoms with Gasteiger partial charge in [-0.3, -0.25) is 10.1 Å². The molecule has 8 heteroatoms. The monoisotopic (exact) mass is 676 g/mol. The third kappa shape index (κ3) is 6.48. The molecular weight excluding hydrogens is 645 g/mol. The zero-order valence-electron chi connectivity index (χ0n) is 28.5. The second-order valence-corrected chi connectivity index (χ2v) is 12.6. The smallest absolute Gasteiger partial charge is 0.271 e. The molecule has 3 heterocycles. The van der Waals surface area contributed by atoms with Crippen LogP contribution in [0.3, 0.4) is 0 Å². The molecule has 0 saturated heterocycles. The SMILES string of the molecule is Cc1ccc2nc(-c3ccc(-c4nc5ccc(C)cc5nc4-c4ccccc4)cc3)c(-c3ccccc3)nc2c1.O=[N+]([O-])c1ccc2cc[nH]c2c1. The highest BCUT2D eigenvalue weighted by Gasteiger charge is 2.17. The summed E-state index contributed by atoms with van der Waals surface area (Å²) in [7, 11) is 0. The van der Waals surface area contributed by atoms with Crippen molar-refractivity contribution in [2.75, 3.05) is 0 Å². The molecule has 0 saturated carbocycles. The lowest BCUT2D eigenvalue weighted by molar-refractivity contribution is -0.384. The number of hydrogen-bond donors (Lipinski definition) is 1. The molecule has 8 nitrogen and oxygen atoms in total. The summed E-state index contributed by atoms with van der Waals surface area (Å²) in [6.45, 7) is 4.16. The van der Waals surface area contributed by atoms with Crippen molar-refractivity contribution in [2.45, 2.75) is 13.8 Å². The van der Waals surface area contributed by atoms with Crippen molar-refractivity contribution in [1.82, 2.24) is 24.9 Å². The second kappa shape index (κ2) is 13.7. The zero-order valence-corrected chi connectivity index (χ0v) is 28.5. The van der Waals surface area contributed by atoms with Gasteiger partial charge in [0.1, 0.15) is 0 Å². The Balaban J connectivity index is 0.000000273. The van der Waals surface area contributed by atoms with Crippen LogP contribution in [-0.4, -0.2) is 29.8 Å². The minimum absolute atomic E-state index is 0.116. The predicted molar refractivity (Wildman–Crippen MR) is 209 cm³/mol. The molecule has 0 aliphatic heterocycles. The molecule has 0 amide bonds. The molecule has 0 radical (unpaired) electrons. The van der Waals surface area contributed by atoms with Crippen molar-refractivity contribution in [1.29, 1.82) is 0 Å². The van der Waals surface area contributed by atoms with Crippen LogP contribution in [-0.2, 0) is 0 Å². The highest BCUT2D eigenvalue weighted by atomic mass is 16.6. The van der Waals surface area contributed by atoms with E-state index in [9.17, 15) is 10.1 Å². The lowest BCUT2D eigenvalue weighted by atomic mass is 9.99. The number of non-ortho nitro benzene ring substituents is 1. The van der Waals surface area contributed by atoms with Crippen LogP contribution in [0, 0.1) is 24.0 Å². The Morgan fingerprint density at radius 2 is 0.923 bits per heavy atom. The minimum Gasteiger partial charge on any atom is -0.361 e. The fraction of sp³-hybridized carbons (Fsp3) is 0.0455. The molecule has 9 aromatic rings. The van der Waals surface area contributed by atoms with E-state index in [4.69, 9.17) is 19.9 Å². The van der Waals surface area contributed by atoms with Gasteiger partial charge >= 0.3 is 0 Å². The Morgan fingerprint density at radius 1 is 0.481 bits per heavy atom. The number of aromatic amines is 1. The first-order chi connectivity index (χ1) is 25.4. The summed E-state index contributed by atoms with van der Waals surface area (Å²) < 4.78 is 0. The number of fused-ring (bicyclic) bond motifs is 3. The number of nitrogens with zero attached hydrogens (tertiary/aromatic N) is 5. The first-order valence-corrected chi connectivity index (χ1v) is 16.9. The quantitative estimate of drug-likeness (QED) is 0.143. The summed E-state index contributed by atoms with van der Waals surface area (Å²) in [5, 5.41) is 11.3. The van der Waals surface area contributed by atoms with Crippen LogP contribution in [0.2, 0.25) is 0 Å². The Labute approximate surface area is 299 Å². The summed E-state index contributed by atoms with van der Waals surface area (Å²) in [5.41, 5.74) is 14.3. The number of hydrogen-bond acceptors (Lipinski definition) is 6. The fourth-order valence-corrected chi connectivity index (χ4v) is 6.26. The maximum Gasteiger partial charge on any atom is 0.271 e. The zero-order chi connectivity index (χ0) is 35.6. The van der Waals surface area contributed by atoms with Gasteiger partial charge in [-0.15, -0.1) is 0 Å². The number of rotatable bonds is 5. The lowest BCUT2D eigenvalue weighted by Crippen LogP contribution is -1.97. The van der Waals surface area contributed by atoms with E-state index in [1.54, 1.807) is 12.3 Å². The molecule has 6 aromatic carbocycles. The molecule has 3 aromatic heterocycles. The maximum absolute atomic E-state index is 10.4. The molecule has 250 valence electrons. The summed E-state index contributed by atoms with van der Waals surface area (Å²) in [4.78, 5) is 33.2. The molecule has 0 bridgehead atoms. The molecule has 0 unspecified atom stereocenters. The average molecular weight is 677 g/mol. The minimum atomic E-state index is -0.402. The van der Waals surface area contributed by atoms with Crippen LogP contribution in [0.4, 0.5) is 5.69 Å². The van der Waals surface area contributed by atoms with Gasteiger partial charge in [-0.05, 0) is 66.8 Å². The van der Waals surface area contributed by atoms with Crippen molar-refractivity contribution in [3.8, 4) is 45.0 Å². The van der Waals surface area contributed by atoms with Crippen molar-refractivity contribution in [3.63, 3.8) is 0 Å². The predicted octanol–water partition coefficient (Wildman–Crippen LogP) is 10.9. The summed E-state index contributed by atoms with van der Waals surface area (Å²) in [5.74, 6) is 0.